The first-order valence-corrected chi connectivity index (χ1v) is 10.6. The Kier molecular flexibility index (Phi) is 10.2. The molecule has 29 heavy (non-hydrogen) atoms. The second-order valence-electron chi connectivity index (χ2n) is 6.22. The van der Waals surface area contributed by atoms with Crippen molar-refractivity contribution >= 4 is 45.6 Å². The Balaban J connectivity index is 0.00000420. The summed E-state index contributed by atoms with van der Waals surface area (Å²) in [7, 11) is -1.72. The van der Waals surface area contributed by atoms with E-state index in [4.69, 9.17) is 4.74 Å². The van der Waals surface area contributed by atoms with E-state index in [1.54, 1.807) is 31.3 Å². The van der Waals surface area contributed by atoms with Crippen LogP contribution in [-0.4, -0.2) is 40.3 Å². The minimum Gasteiger partial charge on any atom is -0.489 e. The fraction of sp³-hybridized carbons (Fsp3) is 0.316. The average Bonchev–Trinajstić information content (AvgIpc) is 2.64. The van der Waals surface area contributed by atoms with E-state index in [0.29, 0.717) is 30.5 Å². The van der Waals surface area contributed by atoms with E-state index in [1.807, 2.05) is 19.1 Å². The number of benzene rings is 2. The lowest BCUT2D eigenvalue weighted by atomic mass is 10.2. The monoisotopic (exact) mass is 536 g/mol. The molecule has 3 N–H and O–H groups in total. The summed E-state index contributed by atoms with van der Waals surface area (Å²) in [5, 5.41) is 6.28. The number of ether oxygens (including phenoxy) is 1. The van der Waals surface area contributed by atoms with Gasteiger partial charge in [-0.1, -0.05) is 18.2 Å². The van der Waals surface area contributed by atoms with Crippen LogP contribution < -0.4 is 20.1 Å². The summed E-state index contributed by atoms with van der Waals surface area (Å²) in [6, 6.07) is 13.0. The first-order valence-electron chi connectivity index (χ1n) is 8.69. The number of hydrogen-bond acceptors (Lipinski definition) is 4. The van der Waals surface area contributed by atoms with Gasteiger partial charge < -0.3 is 15.4 Å². The molecule has 0 fully saturated rings. The van der Waals surface area contributed by atoms with Crippen LogP contribution in [0.3, 0.4) is 0 Å². The molecular weight excluding hydrogens is 510 g/mol. The van der Waals surface area contributed by atoms with Crippen LogP contribution in [0, 0.1) is 5.82 Å². The first-order chi connectivity index (χ1) is 13.3. The van der Waals surface area contributed by atoms with Gasteiger partial charge in [-0.2, -0.15) is 0 Å². The molecule has 160 valence electrons. The molecule has 10 heteroatoms. The van der Waals surface area contributed by atoms with Crippen LogP contribution in [0.4, 0.5) is 10.1 Å². The minimum atomic E-state index is -3.36. The summed E-state index contributed by atoms with van der Waals surface area (Å²) in [6.45, 7) is 2.74. The summed E-state index contributed by atoms with van der Waals surface area (Å²) < 4.78 is 44.1. The summed E-state index contributed by atoms with van der Waals surface area (Å²) in [5.74, 6) is 0.816. The van der Waals surface area contributed by atoms with Crippen LogP contribution in [0.25, 0.3) is 0 Å². The number of nitrogens with zero attached hydrogens (tertiary/aromatic N) is 1. The highest BCUT2D eigenvalue weighted by molar-refractivity contribution is 14.0. The van der Waals surface area contributed by atoms with Crippen LogP contribution in [0.2, 0.25) is 0 Å². The molecule has 2 aromatic rings. The van der Waals surface area contributed by atoms with E-state index >= 15 is 0 Å². The van der Waals surface area contributed by atoms with Gasteiger partial charge in [-0.05, 0) is 42.8 Å². The smallest absolute Gasteiger partial charge is 0.229 e. The van der Waals surface area contributed by atoms with Crippen LogP contribution >= 0.6 is 24.0 Å². The number of rotatable bonds is 8. The summed E-state index contributed by atoms with van der Waals surface area (Å²) in [4.78, 5) is 4.15. The molecule has 0 radical (unpaired) electrons. The number of anilines is 1. The third-order valence-corrected chi connectivity index (χ3v) is 4.28. The van der Waals surface area contributed by atoms with Crippen LogP contribution in [0.15, 0.2) is 53.5 Å². The third kappa shape index (κ3) is 9.31. The molecule has 0 amide bonds. The normalized spacial score (nSPS) is 12.5. The molecule has 0 heterocycles. The lowest BCUT2D eigenvalue weighted by molar-refractivity contribution is 0.223. The Bertz CT molecular complexity index is 908. The zero-order chi connectivity index (χ0) is 20.6. The van der Waals surface area contributed by atoms with Crippen molar-refractivity contribution in [1.29, 1.82) is 0 Å². The molecule has 0 aliphatic carbocycles. The molecule has 1 unspecified atom stereocenters. The van der Waals surface area contributed by atoms with Crippen molar-refractivity contribution in [1.82, 2.24) is 10.6 Å². The molecule has 2 aromatic carbocycles. The molecule has 0 aromatic heterocycles. The number of hydrogen-bond donors (Lipinski definition) is 3. The summed E-state index contributed by atoms with van der Waals surface area (Å²) >= 11 is 0. The summed E-state index contributed by atoms with van der Waals surface area (Å²) in [6.07, 6.45) is 0.934. The Morgan fingerprint density at radius 2 is 1.79 bits per heavy atom. The number of aliphatic imine (C=N–C) groups is 1. The van der Waals surface area contributed by atoms with Gasteiger partial charge >= 0.3 is 0 Å². The average molecular weight is 536 g/mol. The van der Waals surface area contributed by atoms with Gasteiger partial charge in [-0.3, -0.25) is 9.71 Å². The Hall–Kier alpha value is -2.08. The van der Waals surface area contributed by atoms with Crippen LogP contribution in [-0.2, 0) is 16.6 Å². The fourth-order valence-corrected chi connectivity index (χ4v) is 3.00. The Labute approximate surface area is 188 Å². The van der Waals surface area contributed by atoms with Gasteiger partial charge in [0, 0.05) is 13.6 Å². The standard InChI is InChI=1S/C19H25FN4O3S.HI/c1-14(27-17-10-8-16(20)9-11-17)12-22-19(21-2)23-13-15-6-4-5-7-18(15)24-28(3,25)26;/h4-11,14,24H,12-13H2,1-3H3,(H2,21,22,23);1H. The zero-order valence-corrected chi connectivity index (χ0v) is 19.6. The van der Waals surface area contributed by atoms with E-state index in [9.17, 15) is 12.8 Å². The van der Waals surface area contributed by atoms with Gasteiger partial charge in [0.15, 0.2) is 5.96 Å². The molecule has 0 saturated heterocycles. The molecule has 1 atom stereocenters. The predicted octanol–water partition coefficient (Wildman–Crippen LogP) is 2.95. The highest BCUT2D eigenvalue weighted by Gasteiger charge is 2.09. The van der Waals surface area contributed by atoms with Gasteiger partial charge in [0.2, 0.25) is 10.0 Å². The Morgan fingerprint density at radius 3 is 2.41 bits per heavy atom. The Morgan fingerprint density at radius 1 is 1.14 bits per heavy atom. The fourth-order valence-electron chi connectivity index (χ4n) is 2.40. The molecule has 0 aliphatic rings. The number of sulfonamides is 1. The highest BCUT2D eigenvalue weighted by atomic mass is 127. The SMILES string of the molecule is CN=C(NCc1ccccc1NS(C)(=O)=O)NCC(C)Oc1ccc(F)cc1.I. The van der Waals surface area contributed by atoms with E-state index in [2.05, 4.69) is 20.3 Å². The topological polar surface area (TPSA) is 91.8 Å². The first kappa shape index (κ1) is 25.0. The maximum Gasteiger partial charge on any atom is 0.229 e. The van der Waals surface area contributed by atoms with Crippen molar-refractivity contribution in [2.45, 2.75) is 19.6 Å². The minimum absolute atomic E-state index is 0. The lowest BCUT2D eigenvalue weighted by Crippen LogP contribution is -2.41. The molecule has 0 saturated carbocycles. The molecule has 7 nitrogen and oxygen atoms in total. The quantitative estimate of drug-likeness (QED) is 0.274. The number of para-hydroxylation sites is 1. The van der Waals surface area contributed by atoms with E-state index < -0.39 is 10.0 Å². The van der Waals surface area contributed by atoms with Crippen molar-refractivity contribution < 1.29 is 17.5 Å². The van der Waals surface area contributed by atoms with Crippen molar-refractivity contribution in [3.8, 4) is 5.75 Å². The van der Waals surface area contributed by atoms with Gasteiger partial charge in [-0.15, -0.1) is 24.0 Å². The largest absolute Gasteiger partial charge is 0.489 e. The van der Waals surface area contributed by atoms with Crippen molar-refractivity contribution in [3.63, 3.8) is 0 Å². The third-order valence-electron chi connectivity index (χ3n) is 3.69. The van der Waals surface area contributed by atoms with Crippen molar-refractivity contribution in [2.75, 3.05) is 24.6 Å². The lowest BCUT2D eigenvalue weighted by Gasteiger charge is -2.18. The van der Waals surface area contributed by atoms with Gasteiger partial charge in [0.05, 0.1) is 18.5 Å². The second kappa shape index (κ2) is 11.8. The van der Waals surface area contributed by atoms with Crippen molar-refractivity contribution in [3.05, 3.63) is 59.9 Å². The maximum absolute atomic E-state index is 12.9. The van der Waals surface area contributed by atoms with E-state index in [-0.39, 0.29) is 35.9 Å². The number of guanidine groups is 1. The van der Waals surface area contributed by atoms with Crippen molar-refractivity contribution in [2.24, 2.45) is 4.99 Å². The number of halogens is 2. The van der Waals surface area contributed by atoms with Gasteiger partial charge in [0.25, 0.3) is 0 Å². The molecule has 0 aliphatic heterocycles. The van der Waals surface area contributed by atoms with Crippen LogP contribution in [0.5, 0.6) is 5.75 Å². The zero-order valence-electron chi connectivity index (χ0n) is 16.5. The predicted molar refractivity (Wildman–Crippen MR) is 125 cm³/mol. The van der Waals surface area contributed by atoms with Gasteiger partial charge in [0.1, 0.15) is 17.7 Å². The second-order valence-corrected chi connectivity index (χ2v) is 7.97. The molecular formula is C19H26FIN4O3S. The van der Waals surface area contributed by atoms with E-state index in [1.165, 1.54) is 12.1 Å². The molecule has 0 bridgehead atoms. The maximum atomic E-state index is 12.9. The van der Waals surface area contributed by atoms with Gasteiger partial charge in [-0.25, -0.2) is 12.8 Å². The number of nitrogens with one attached hydrogen (secondary N) is 3. The molecule has 2 rings (SSSR count). The van der Waals surface area contributed by atoms with Crippen LogP contribution in [0.1, 0.15) is 12.5 Å². The van der Waals surface area contributed by atoms with E-state index in [0.717, 1.165) is 11.8 Å². The molecule has 0 spiro atoms. The summed E-state index contributed by atoms with van der Waals surface area (Å²) in [5.41, 5.74) is 1.30. The highest BCUT2D eigenvalue weighted by Crippen LogP contribution is 2.16.